The fraction of sp³-hybridized carbons (Fsp3) is 0.0156. The molecule has 0 N–H and O–H groups in total. The molecule has 2 heteroatoms. The minimum atomic E-state index is -0.444. The first-order valence-electron chi connectivity index (χ1n) is 45.3. The number of hydrogen-bond donors (Lipinski definition) is 0. The Labute approximate surface area is 758 Å². The zero-order valence-corrected chi connectivity index (χ0v) is 71.2. The van der Waals surface area contributed by atoms with Gasteiger partial charge in [-0.15, -0.1) is 0 Å². The van der Waals surface area contributed by atoms with E-state index in [2.05, 4.69) is 507 Å². The van der Waals surface area contributed by atoms with Gasteiger partial charge in [0.2, 0.25) is 0 Å². The summed E-state index contributed by atoms with van der Waals surface area (Å²) >= 11 is 0. The van der Waals surface area contributed by atoms with E-state index in [1.54, 1.807) is 0 Å². The smallest absolute Gasteiger partial charge is 0.0726 e. The number of fused-ring (bicyclic) bond motifs is 36. The Balaban J connectivity index is 0.000000137. The van der Waals surface area contributed by atoms with Crippen molar-refractivity contribution in [3.63, 3.8) is 0 Å². The van der Waals surface area contributed by atoms with Gasteiger partial charge < -0.3 is 9.80 Å². The summed E-state index contributed by atoms with van der Waals surface area (Å²) in [5, 5.41) is 0. The molecule has 0 bridgehead atoms. The van der Waals surface area contributed by atoms with Gasteiger partial charge in [-0.2, -0.15) is 0 Å². The van der Waals surface area contributed by atoms with Crippen molar-refractivity contribution in [2.75, 3.05) is 9.80 Å². The molecule has 21 aromatic rings. The van der Waals surface area contributed by atoms with Gasteiger partial charge in [0.15, 0.2) is 0 Å². The highest BCUT2D eigenvalue weighted by molar-refractivity contribution is 6.09. The molecule has 0 heterocycles. The predicted molar refractivity (Wildman–Crippen MR) is 542 cm³/mol. The standard InChI is InChI=1S/C67H43N.C61H39N/c1-3-19-44(20-4-1)46-35-40-66(59(41-46)45-21-5-2-6-22-45)68(47-36-38-55-53-27-10-9-25-51(53)49-23-7-8-24-50(49)52-26-11-12-28-54(52)60(55)42-47)48-37-39-65-61(43-48)58-31-15-18-34-64(58)67(65)62-32-16-13-29-56(62)57-30-14-17-33-63(57)67;1-2-17-40(18-3-1)41-33-35-42(36-34-41)62(43-37-38-50-48-23-7-6-21-46(48)44-19-4-5-20-45(44)47-22-8-9-24-49(47)54(50)39-43)59-32-16-31-58-60(59)53-27-12-15-30-57(53)61(58)55-28-13-10-25-51(55)52-26-11-14-29-56(52)61/h1-43H;1-39H. The lowest BCUT2D eigenvalue weighted by Gasteiger charge is -2.32. The van der Waals surface area contributed by atoms with Crippen LogP contribution in [0.15, 0.2) is 497 Å². The number of hydrogen-bond acceptors (Lipinski definition) is 2. The fourth-order valence-electron chi connectivity index (χ4n) is 23.2. The van der Waals surface area contributed by atoms with Crippen molar-refractivity contribution in [3.05, 3.63) is 542 Å². The summed E-state index contributed by atoms with van der Waals surface area (Å²) in [4.78, 5) is 5.03. The molecule has 0 fully saturated rings. The Morgan fingerprint density at radius 1 is 0.115 bits per heavy atom. The lowest BCUT2D eigenvalue weighted by Crippen LogP contribution is -2.26. The number of anilines is 6. The monoisotopic (exact) mass is 1650 g/mol. The zero-order valence-electron chi connectivity index (χ0n) is 71.2. The molecule has 0 saturated carbocycles. The van der Waals surface area contributed by atoms with Gasteiger partial charge >= 0.3 is 0 Å². The Kier molecular flexibility index (Phi) is 17.2. The highest BCUT2D eigenvalue weighted by Gasteiger charge is 2.54. The van der Waals surface area contributed by atoms with E-state index in [9.17, 15) is 0 Å². The van der Waals surface area contributed by atoms with Crippen LogP contribution in [0, 0.1) is 0 Å². The molecule has 0 aliphatic heterocycles. The topological polar surface area (TPSA) is 6.48 Å². The van der Waals surface area contributed by atoms with E-state index in [-0.39, 0.29) is 0 Å². The van der Waals surface area contributed by atoms with E-state index in [4.69, 9.17) is 0 Å². The van der Waals surface area contributed by atoms with E-state index in [0.717, 1.165) is 45.3 Å². The van der Waals surface area contributed by atoms with Gasteiger partial charge in [0.25, 0.3) is 0 Å². The molecule has 0 aromatic heterocycles. The van der Waals surface area contributed by atoms with Crippen LogP contribution in [0.25, 0.3) is 167 Å². The Hall–Kier alpha value is -16.8. The first-order chi connectivity index (χ1) is 64.5. The molecule has 6 aliphatic carbocycles. The first kappa shape index (κ1) is 74.6. The molecule has 130 heavy (non-hydrogen) atoms. The molecular weight excluding hydrogens is 1570 g/mol. The molecule has 0 radical (unpaired) electrons. The van der Waals surface area contributed by atoms with Gasteiger partial charge in [-0.05, 0) is 267 Å². The van der Waals surface area contributed by atoms with Crippen LogP contribution in [-0.2, 0) is 10.8 Å². The van der Waals surface area contributed by atoms with Crippen molar-refractivity contribution in [1.82, 2.24) is 0 Å². The minimum absolute atomic E-state index is 0.426. The third kappa shape index (κ3) is 11.2. The van der Waals surface area contributed by atoms with Gasteiger partial charge in [0.1, 0.15) is 0 Å². The van der Waals surface area contributed by atoms with Crippen LogP contribution in [-0.4, -0.2) is 0 Å². The molecule has 2 spiro atoms. The fourth-order valence-corrected chi connectivity index (χ4v) is 23.2. The molecule has 0 saturated heterocycles. The summed E-state index contributed by atoms with van der Waals surface area (Å²) in [5.41, 5.74) is 53.7. The highest BCUT2D eigenvalue weighted by atomic mass is 15.2. The molecule has 0 unspecified atom stereocenters. The summed E-state index contributed by atoms with van der Waals surface area (Å²) in [7, 11) is 0. The van der Waals surface area contributed by atoms with Crippen LogP contribution in [0.1, 0.15) is 44.5 Å². The van der Waals surface area contributed by atoms with Gasteiger partial charge in [-0.1, -0.05) is 431 Å². The second-order valence-electron chi connectivity index (χ2n) is 35.0. The summed E-state index contributed by atoms with van der Waals surface area (Å²) in [6.45, 7) is 0. The maximum atomic E-state index is 2.52. The lowest BCUT2D eigenvalue weighted by molar-refractivity contribution is 0.794. The molecule has 27 rings (SSSR count). The number of rotatable bonds is 9. The highest BCUT2D eigenvalue weighted by Crippen LogP contribution is 2.67. The quantitative estimate of drug-likeness (QED) is 0.142. The van der Waals surface area contributed by atoms with E-state index in [1.165, 1.54) is 200 Å². The first-order valence-corrected chi connectivity index (χ1v) is 45.3. The normalized spacial score (nSPS) is 12.9. The second kappa shape index (κ2) is 30.0. The van der Waals surface area contributed by atoms with Crippen molar-refractivity contribution in [2.45, 2.75) is 10.8 Å². The van der Waals surface area contributed by atoms with Gasteiger partial charge in [-0.25, -0.2) is 0 Å². The third-order valence-electron chi connectivity index (χ3n) is 28.5. The molecule has 0 amide bonds. The summed E-state index contributed by atoms with van der Waals surface area (Å²) in [5.74, 6) is 0. The second-order valence-corrected chi connectivity index (χ2v) is 35.0. The zero-order chi connectivity index (χ0) is 85.5. The van der Waals surface area contributed by atoms with Gasteiger partial charge in [-0.3, -0.25) is 0 Å². The molecule has 21 aromatic carbocycles. The number of nitrogens with zero attached hydrogens (tertiary/aromatic N) is 2. The molecular formula is C128H82N2. The number of benzene rings is 21. The summed E-state index contributed by atoms with van der Waals surface area (Å²) in [6, 6.07) is 185. The van der Waals surface area contributed by atoms with Crippen LogP contribution < -0.4 is 9.80 Å². The van der Waals surface area contributed by atoms with Gasteiger partial charge in [0, 0.05) is 33.9 Å². The van der Waals surface area contributed by atoms with E-state index >= 15 is 0 Å². The van der Waals surface area contributed by atoms with E-state index in [1.807, 2.05) is 0 Å². The molecule has 2 nitrogen and oxygen atoms in total. The van der Waals surface area contributed by atoms with E-state index < -0.39 is 10.8 Å². The van der Waals surface area contributed by atoms with Crippen LogP contribution >= 0.6 is 0 Å². The maximum absolute atomic E-state index is 2.52. The maximum Gasteiger partial charge on any atom is 0.0726 e. The Morgan fingerprint density at radius 2 is 0.362 bits per heavy atom. The summed E-state index contributed by atoms with van der Waals surface area (Å²) in [6.07, 6.45) is 0. The Morgan fingerprint density at radius 3 is 0.754 bits per heavy atom. The largest absolute Gasteiger partial charge is 0.310 e. The predicted octanol–water partition coefficient (Wildman–Crippen LogP) is 34.0. The lowest BCUT2D eigenvalue weighted by atomic mass is 9.70. The average molecular weight is 1650 g/mol. The molecule has 604 valence electrons. The SMILES string of the molecule is c1ccc(-c2ccc(N(c3ccc4c(c3)-c3ccccc3-c3ccccc3-c3ccccc3-4)c3ccc4c(c3)-c3ccccc3C43c4ccccc4-c4ccccc43)c(-c3ccccc3)c2)cc1.c1ccc(-c2ccc(N(c3ccc4c(c3)-c3ccccc3-c3ccccc3-c3ccccc3-4)c3cccc4c3-c3ccccc3C43c4ccccc4-c4ccccc43)cc2)cc1. The van der Waals surface area contributed by atoms with Crippen LogP contribution in [0.2, 0.25) is 0 Å². The summed E-state index contributed by atoms with van der Waals surface area (Å²) < 4.78 is 0. The van der Waals surface area contributed by atoms with E-state index in [0.29, 0.717) is 0 Å². The van der Waals surface area contributed by atoms with Crippen molar-refractivity contribution in [2.24, 2.45) is 0 Å². The Bertz CT molecular complexity index is 8070. The van der Waals surface area contributed by atoms with Crippen LogP contribution in [0.5, 0.6) is 0 Å². The molecule has 6 aliphatic rings. The van der Waals surface area contributed by atoms with Crippen LogP contribution in [0.3, 0.4) is 0 Å². The minimum Gasteiger partial charge on any atom is -0.310 e. The van der Waals surface area contributed by atoms with Crippen molar-refractivity contribution < 1.29 is 0 Å². The molecule has 0 atom stereocenters. The van der Waals surface area contributed by atoms with Crippen LogP contribution in [0.4, 0.5) is 34.1 Å². The average Bonchev–Trinajstić information content (AvgIpc) is 1.51. The van der Waals surface area contributed by atoms with Crippen molar-refractivity contribution in [1.29, 1.82) is 0 Å². The van der Waals surface area contributed by atoms with Gasteiger partial charge in [0.05, 0.1) is 22.2 Å². The van der Waals surface area contributed by atoms with Crippen molar-refractivity contribution >= 4 is 34.1 Å². The third-order valence-corrected chi connectivity index (χ3v) is 28.5. The van der Waals surface area contributed by atoms with Crippen molar-refractivity contribution in [3.8, 4) is 167 Å².